The van der Waals surface area contributed by atoms with E-state index in [1.54, 1.807) is 0 Å². The van der Waals surface area contributed by atoms with Gasteiger partial charge in [0.1, 0.15) is 11.5 Å². The molecular weight excluding hydrogens is 320 g/mol. The van der Waals surface area contributed by atoms with Gasteiger partial charge in [-0.1, -0.05) is 23.8 Å². The lowest BCUT2D eigenvalue weighted by molar-refractivity contribution is 0.104. The summed E-state index contributed by atoms with van der Waals surface area (Å²) in [6.07, 6.45) is 4.88. The van der Waals surface area contributed by atoms with Crippen molar-refractivity contribution in [2.24, 2.45) is 0 Å². The Kier molecular flexibility index (Phi) is 5.49. The van der Waals surface area contributed by atoms with E-state index in [9.17, 15) is 25.2 Å². The van der Waals surface area contributed by atoms with E-state index in [0.29, 0.717) is 17.5 Å². The van der Waals surface area contributed by atoms with Crippen molar-refractivity contribution in [3.8, 4) is 23.0 Å². The van der Waals surface area contributed by atoms with Crippen LogP contribution in [0.5, 0.6) is 23.0 Å². The number of hydrogen-bond acceptors (Lipinski definition) is 5. The number of carbonyl (C=O) groups excluding carboxylic acids is 1. The second-order valence-electron chi connectivity index (χ2n) is 5.89. The minimum atomic E-state index is -0.441. The molecule has 0 amide bonds. The van der Waals surface area contributed by atoms with Crippen molar-refractivity contribution in [1.29, 1.82) is 0 Å². The number of allylic oxidation sites excluding steroid dienone is 3. The Morgan fingerprint density at radius 3 is 2.28 bits per heavy atom. The lowest BCUT2D eigenvalue weighted by Gasteiger charge is -2.09. The van der Waals surface area contributed by atoms with Crippen LogP contribution in [0.1, 0.15) is 35.3 Å². The molecule has 0 atom stereocenters. The zero-order valence-electron chi connectivity index (χ0n) is 14.0. The Morgan fingerprint density at radius 2 is 1.64 bits per heavy atom. The van der Waals surface area contributed by atoms with Crippen LogP contribution in [0.2, 0.25) is 0 Å². The van der Waals surface area contributed by atoms with Gasteiger partial charge in [-0.2, -0.15) is 0 Å². The fourth-order valence-corrected chi connectivity index (χ4v) is 2.24. The Morgan fingerprint density at radius 1 is 0.960 bits per heavy atom. The van der Waals surface area contributed by atoms with Gasteiger partial charge in [0, 0.05) is 5.56 Å². The summed E-state index contributed by atoms with van der Waals surface area (Å²) in [5, 5.41) is 39.0. The third kappa shape index (κ3) is 4.41. The molecule has 0 saturated carbocycles. The molecule has 2 aromatic rings. The predicted octanol–water partition coefficient (Wildman–Crippen LogP) is 3.91. The quantitative estimate of drug-likeness (QED) is 0.286. The van der Waals surface area contributed by atoms with E-state index in [-0.39, 0.29) is 28.6 Å². The first-order valence-corrected chi connectivity index (χ1v) is 7.71. The van der Waals surface area contributed by atoms with Crippen LogP contribution in [-0.4, -0.2) is 26.2 Å². The molecule has 0 spiro atoms. The maximum atomic E-state index is 12.3. The molecule has 0 radical (unpaired) electrons. The third-order valence-corrected chi connectivity index (χ3v) is 3.66. The third-order valence-electron chi connectivity index (χ3n) is 3.66. The summed E-state index contributed by atoms with van der Waals surface area (Å²) in [5.41, 5.74) is 1.92. The minimum absolute atomic E-state index is 0.0704. The zero-order chi connectivity index (χ0) is 18.6. The van der Waals surface area contributed by atoms with Gasteiger partial charge in [-0.25, -0.2) is 0 Å². The van der Waals surface area contributed by atoms with Crippen LogP contribution in [0.25, 0.3) is 6.08 Å². The first-order chi connectivity index (χ1) is 11.8. The van der Waals surface area contributed by atoms with E-state index >= 15 is 0 Å². The lowest BCUT2D eigenvalue weighted by Crippen LogP contribution is -1.98. The molecule has 4 N–H and O–H groups in total. The zero-order valence-corrected chi connectivity index (χ0v) is 14.0. The van der Waals surface area contributed by atoms with Crippen LogP contribution >= 0.6 is 0 Å². The minimum Gasteiger partial charge on any atom is -0.508 e. The van der Waals surface area contributed by atoms with E-state index in [2.05, 4.69) is 0 Å². The Bertz CT molecular complexity index is 859. The molecule has 2 aromatic carbocycles. The molecule has 0 aliphatic heterocycles. The van der Waals surface area contributed by atoms with E-state index < -0.39 is 5.78 Å². The highest BCUT2D eigenvalue weighted by molar-refractivity contribution is 6.09. The topological polar surface area (TPSA) is 98.0 Å². The average Bonchev–Trinajstić information content (AvgIpc) is 2.55. The summed E-state index contributed by atoms with van der Waals surface area (Å²) < 4.78 is 0. The summed E-state index contributed by atoms with van der Waals surface area (Å²) in [7, 11) is 0. The first-order valence-electron chi connectivity index (χ1n) is 7.71. The maximum absolute atomic E-state index is 12.3. The number of ketones is 1. The van der Waals surface area contributed by atoms with Gasteiger partial charge in [-0.3, -0.25) is 4.79 Å². The van der Waals surface area contributed by atoms with Gasteiger partial charge >= 0.3 is 0 Å². The number of phenolic OH excluding ortho intramolecular Hbond substituents is 4. The predicted molar refractivity (Wildman–Crippen MR) is 96.0 cm³/mol. The molecule has 0 aromatic heterocycles. The van der Waals surface area contributed by atoms with E-state index in [4.69, 9.17) is 0 Å². The molecule has 2 rings (SSSR count). The monoisotopic (exact) mass is 340 g/mol. The van der Waals surface area contributed by atoms with Crippen molar-refractivity contribution < 1.29 is 25.2 Å². The van der Waals surface area contributed by atoms with Gasteiger partial charge < -0.3 is 20.4 Å². The van der Waals surface area contributed by atoms with E-state index in [1.165, 1.54) is 42.5 Å². The van der Waals surface area contributed by atoms with Crippen LogP contribution in [0.15, 0.2) is 48.1 Å². The van der Waals surface area contributed by atoms with Crippen molar-refractivity contribution in [2.75, 3.05) is 0 Å². The van der Waals surface area contributed by atoms with Crippen molar-refractivity contribution >= 4 is 11.9 Å². The SMILES string of the molecule is CC(C)=CCc1c(O)ccc(C(=O)/C=C/c2ccc(O)c(O)c2)c1O. The molecule has 130 valence electrons. The van der Waals surface area contributed by atoms with Gasteiger partial charge in [-0.15, -0.1) is 0 Å². The number of phenols is 4. The van der Waals surface area contributed by atoms with Crippen molar-refractivity contribution in [3.05, 3.63) is 64.7 Å². The Hall–Kier alpha value is -3.21. The van der Waals surface area contributed by atoms with Crippen molar-refractivity contribution in [2.45, 2.75) is 20.3 Å². The first kappa shape index (κ1) is 18.1. The number of aromatic hydroxyl groups is 4. The normalized spacial score (nSPS) is 10.8. The van der Waals surface area contributed by atoms with Gasteiger partial charge in [0.05, 0.1) is 5.56 Å². The van der Waals surface area contributed by atoms with Crippen molar-refractivity contribution in [1.82, 2.24) is 0 Å². The molecule has 25 heavy (non-hydrogen) atoms. The van der Waals surface area contributed by atoms with Gasteiger partial charge in [0.25, 0.3) is 0 Å². The maximum Gasteiger partial charge on any atom is 0.189 e. The van der Waals surface area contributed by atoms with Crippen LogP contribution < -0.4 is 0 Å². The number of hydrogen-bond donors (Lipinski definition) is 4. The standard InChI is InChI=1S/C20H20O5/c1-12(2)3-6-14-17(22)10-7-15(20(14)25)16(21)8-4-13-5-9-18(23)19(24)11-13/h3-5,7-11,22-25H,6H2,1-2H3/b8-4+. The van der Waals surface area contributed by atoms with Crippen LogP contribution in [0.3, 0.4) is 0 Å². The molecular formula is C20H20O5. The van der Waals surface area contributed by atoms with Gasteiger partial charge in [0.2, 0.25) is 0 Å². The molecule has 0 unspecified atom stereocenters. The molecule has 0 aliphatic carbocycles. The Balaban J connectivity index is 2.29. The molecule has 0 heterocycles. The second kappa shape index (κ2) is 7.57. The number of carbonyl (C=O) groups is 1. The highest BCUT2D eigenvalue weighted by atomic mass is 16.3. The summed E-state index contributed by atoms with van der Waals surface area (Å²) in [5.74, 6) is -1.29. The molecule has 0 fully saturated rings. The number of rotatable bonds is 5. The Labute approximate surface area is 145 Å². The summed E-state index contributed by atoms with van der Waals surface area (Å²) in [4.78, 5) is 12.3. The van der Waals surface area contributed by atoms with E-state index in [1.807, 2.05) is 19.9 Å². The van der Waals surface area contributed by atoms with Crippen LogP contribution in [0, 0.1) is 0 Å². The van der Waals surface area contributed by atoms with Crippen LogP contribution in [-0.2, 0) is 6.42 Å². The van der Waals surface area contributed by atoms with Gasteiger partial charge in [-0.05, 0) is 56.2 Å². The number of benzene rings is 2. The highest BCUT2D eigenvalue weighted by Crippen LogP contribution is 2.32. The molecule has 0 aliphatic rings. The summed E-state index contributed by atoms with van der Waals surface area (Å²) in [6, 6.07) is 6.90. The van der Waals surface area contributed by atoms with Gasteiger partial charge in [0.15, 0.2) is 17.3 Å². The molecule has 5 nitrogen and oxygen atoms in total. The summed E-state index contributed by atoms with van der Waals surface area (Å²) in [6.45, 7) is 3.80. The fraction of sp³-hybridized carbons (Fsp3) is 0.150. The largest absolute Gasteiger partial charge is 0.508 e. The molecule has 5 heteroatoms. The summed E-state index contributed by atoms with van der Waals surface area (Å²) >= 11 is 0. The average molecular weight is 340 g/mol. The second-order valence-corrected chi connectivity index (χ2v) is 5.89. The lowest BCUT2D eigenvalue weighted by atomic mass is 10.0. The molecule has 0 bridgehead atoms. The smallest absolute Gasteiger partial charge is 0.189 e. The fourth-order valence-electron chi connectivity index (χ4n) is 2.24. The van der Waals surface area contributed by atoms with E-state index in [0.717, 1.165) is 5.57 Å². The highest BCUT2D eigenvalue weighted by Gasteiger charge is 2.15. The van der Waals surface area contributed by atoms with Crippen molar-refractivity contribution in [3.63, 3.8) is 0 Å². The van der Waals surface area contributed by atoms with Crippen LogP contribution in [0.4, 0.5) is 0 Å². The molecule has 0 saturated heterocycles.